The van der Waals surface area contributed by atoms with E-state index >= 15 is 0 Å². The Bertz CT molecular complexity index is 1050. The van der Waals surface area contributed by atoms with Crippen LogP contribution in [-0.2, 0) is 22.4 Å². The molecule has 4 rings (SSSR count). The van der Waals surface area contributed by atoms with Crippen LogP contribution in [0.1, 0.15) is 53.8 Å². The van der Waals surface area contributed by atoms with Crippen molar-refractivity contribution in [2.24, 2.45) is 0 Å². The van der Waals surface area contributed by atoms with Gasteiger partial charge >= 0.3 is 5.97 Å². The highest BCUT2D eigenvalue weighted by molar-refractivity contribution is 5.71. The normalized spacial score (nSPS) is 15.0. The van der Waals surface area contributed by atoms with Gasteiger partial charge in [0, 0.05) is 12.0 Å². The molecular weight excluding hydrogens is 390 g/mol. The SMILES string of the molecule is CCOC(=O)CC1CCc2cc(OCCc3oc(-c4ccc(C)cc4)nc3C)ccc21. The molecule has 0 amide bonds. The molecule has 1 atom stereocenters. The Labute approximate surface area is 183 Å². The van der Waals surface area contributed by atoms with Gasteiger partial charge in [0.25, 0.3) is 0 Å². The third kappa shape index (κ3) is 4.98. The molecule has 5 heteroatoms. The number of rotatable bonds is 8. The number of hydrogen-bond donors (Lipinski definition) is 0. The Morgan fingerprint density at radius 2 is 1.97 bits per heavy atom. The van der Waals surface area contributed by atoms with E-state index in [0.717, 1.165) is 35.6 Å². The number of carbonyl (C=O) groups excluding carboxylic acids is 1. The van der Waals surface area contributed by atoms with Gasteiger partial charge in [-0.2, -0.15) is 0 Å². The fourth-order valence-electron chi connectivity index (χ4n) is 4.15. The Hall–Kier alpha value is -3.08. The van der Waals surface area contributed by atoms with E-state index in [1.165, 1.54) is 16.7 Å². The van der Waals surface area contributed by atoms with Gasteiger partial charge in [-0.3, -0.25) is 4.79 Å². The second-order valence-electron chi connectivity index (χ2n) is 8.10. The minimum atomic E-state index is -0.117. The van der Waals surface area contributed by atoms with Crippen LogP contribution in [0.15, 0.2) is 46.9 Å². The highest BCUT2D eigenvalue weighted by atomic mass is 16.5. The van der Waals surface area contributed by atoms with Gasteiger partial charge in [0.1, 0.15) is 11.5 Å². The Kier molecular flexibility index (Phi) is 6.40. The fraction of sp³-hybridized carbons (Fsp3) is 0.385. The molecule has 1 aliphatic rings. The summed E-state index contributed by atoms with van der Waals surface area (Å²) in [5.74, 6) is 2.49. The molecule has 1 aromatic heterocycles. The van der Waals surface area contributed by atoms with Crippen molar-refractivity contribution in [2.75, 3.05) is 13.2 Å². The molecule has 0 saturated carbocycles. The van der Waals surface area contributed by atoms with Crippen LogP contribution in [0.5, 0.6) is 5.75 Å². The zero-order chi connectivity index (χ0) is 21.8. The molecule has 0 saturated heterocycles. The van der Waals surface area contributed by atoms with Gasteiger partial charge in [0.05, 0.1) is 25.3 Å². The first-order valence-corrected chi connectivity index (χ1v) is 11.0. The first kappa shape index (κ1) is 21.2. The lowest BCUT2D eigenvalue weighted by Crippen LogP contribution is -2.08. The minimum absolute atomic E-state index is 0.117. The Morgan fingerprint density at radius 3 is 2.74 bits per heavy atom. The Balaban J connectivity index is 1.34. The van der Waals surface area contributed by atoms with E-state index < -0.39 is 0 Å². The number of hydrogen-bond acceptors (Lipinski definition) is 5. The summed E-state index contributed by atoms with van der Waals surface area (Å²) in [7, 11) is 0. The first-order valence-electron chi connectivity index (χ1n) is 11.0. The Morgan fingerprint density at radius 1 is 1.16 bits per heavy atom. The van der Waals surface area contributed by atoms with E-state index in [-0.39, 0.29) is 11.9 Å². The van der Waals surface area contributed by atoms with Gasteiger partial charge in [-0.25, -0.2) is 4.98 Å². The lowest BCUT2D eigenvalue weighted by molar-refractivity contribution is -0.143. The number of aromatic nitrogens is 1. The molecule has 5 nitrogen and oxygen atoms in total. The molecule has 0 spiro atoms. The van der Waals surface area contributed by atoms with Gasteiger partial charge < -0.3 is 13.9 Å². The quantitative estimate of drug-likeness (QED) is 0.447. The van der Waals surface area contributed by atoms with Gasteiger partial charge in [0.15, 0.2) is 0 Å². The van der Waals surface area contributed by atoms with Crippen molar-refractivity contribution in [1.29, 1.82) is 0 Å². The van der Waals surface area contributed by atoms with Gasteiger partial charge in [-0.05, 0) is 74.9 Å². The van der Waals surface area contributed by atoms with Crippen molar-refractivity contribution in [3.05, 3.63) is 70.6 Å². The molecule has 1 unspecified atom stereocenters. The van der Waals surface area contributed by atoms with E-state index in [0.29, 0.717) is 31.9 Å². The number of esters is 1. The summed E-state index contributed by atoms with van der Waals surface area (Å²) in [5.41, 5.74) is 5.60. The third-order valence-electron chi connectivity index (χ3n) is 5.82. The number of aryl methyl sites for hydroxylation is 3. The highest BCUT2D eigenvalue weighted by Crippen LogP contribution is 2.37. The topological polar surface area (TPSA) is 61.6 Å². The van der Waals surface area contributed by atoms with E-state index in [4.69, 9.17) is 13.9 Å². The molecule has 3 aromatic rings. The summed E-state index contributed by atoms with van der Waals surface area (Å²) in [6, 6.07) is 14.4. The van der Waals surface area contributed by atoms with Crippen LogP contribution in [0.25, 0.3) is 11.5 Å². The molecule has 1 heterocycles. The highest BCUT2D eigenvalue weighted by Gasteiger charge is 2.25. The number of oxazole rings is 1. The lowest BCUT2D eigenvalue weighted by Gasteiger charge is -2.12. The van der Waals surface area contributed by atoms with E-state index in [1.807, 2.05) is 32.0 Å². The molecule has 2 aromatic carbocycles. The monoisotopic (exact) mass is 419 g/mol. The number of ether oxygens (including phenoxy) is 2. The maximum Gasteiger partial charge on any atom is 0.306 e. The zero-order valence-corrected chi connectivity index (χ0v) is 18.4. The van der Waals surface area contributed by atoms with Crippen molar-refractivity contribution in [1.82, 2.24) is 4.98 Å². The number of carbonyl (C=O) groups is 1. The first-order chi connectivity index (χ1) is 15.0. The maximum atomic E-state index is 11.8. The van der Waals surface area contributed by atoms with Crippen molar-refractivity contribution in [3.8, 4) is 17.2 Å². The van der Waals surface area contributed by atoms with Gasteiger partial charge in [0.2, 0.25) is 5.89 Å². The van der Waals surface area contributed by atoms with Crippen LogP contribution in [-0.4, -0.2) is 24.2 Å². The van der Waals surface area contributed by atoms with E-state index in [1.54, 1.807) is 0 Å². The molecule has 0 radical (unpaired) electrons. The van der Waals surface area contributed by atoms with E-state index in [2.05, 4.69) is 36.2 Å². The van der Waals surface area contributed by atoms with Crippen LogP contribution in [0, 0.1) is 13.8 Å². The standard InChI is InChI=1S/C26H29NO4/c1-4-29-25(28)16-21-10-9-20-15-22(11-12-23(20)21)30-14-13-24-18(3)27-26(31-24)19-7-5-17(2)6-8-19/h5-8,11-12,15,21H,4,9-10,13-14,16H2,1-3H3. The minimum Gasteiger partial charge on any atom is -0.493 e. The smallest absolute Gasteiger partial charge is 0.306 e. The summed E-state index contributed by atoms with van der Waals surface area (Å²) in [6.45, 7) is 6.83. The van der Waals surface area contributed by atoms with Crippen LogP contribution in [0.3, 0.4) is 0 Å². The average Bonchev–Trinajstić information content (AvgIpc) is 3.32. The molecule has 1 aliphatic carbocycles. The average molecular weight is 420 g/mol. The van der Waals surface area contributed by atoms with Crippen molar-refractivity contribution >= 4 is 5.97 Å². The van der Waals surface area contributed by atoms with Crippen molar-refractivity contribution in [3.63, 3.8) is 0 Å². The summed E-state index contributed by atoms with van der Waals surface area (Å²) < 4.78 is 17.1. The predicted molar refractivity (Wildman–Crippen MR) is 119 cm³/mol. The maximum absolute atomic E-state index is 11.8. The summed E-state index contributed by atoms with van der Waals surface area (Å²) in [6.07, 6.45) is 3.07. The van der Waals surface area contributed by atoms with Crippen molar-refractivity contribution in [2.45, 2.75) is 52.4 Å². The number of nitrogens with zero attached hydrogens (tertiary/aromatic N) is 1. The fourth-order valence-corrected chi connectivity index (χ4v) is 4.15. The van der Waals surface area contributed by atoms with Crippen LogP contribution in [0.4, 0.5) is 0 Å². The van der Waals surface area contributed by atoms with Crippen LogP contribution in [0.2, 0.25) is 0 Å². The van der Waals surface area contributed by atoms with Gasteiger partial charge in [-0.15, -0.1) is 0 Å². The van der Waals surface area contributed by atoms with E-state index in [9.17, 15) is 4.79 Å². The summed E-state index contributed by atoms with van der Waals surface area (Å²) in [4.78, 5) is 16.4. The molecule has 0 aliphatic heterocycles. The zero-order valence-electron chi connectivity index (χ0n) is 18.4. The molecule has 0 bridgehead atoms. The summed E-state index contributed by atoms with van der Waals surface area (Å²) in [5, 5.41) is 0. The molecule has 0 fully saturated rings. The van der Waals surface area contributed by atoms with Crippen molar-refractivity contribution < 1.29 is 18.7 Å². The molecule has 31 heavy (non-hydrogen) atoms. The lowest BCUT2D eigenvalue weighted by atomic mass is 9.98. The predicted octanol–water partition coefficient (Wildman–Crippen LogP) is 5.56. The largest absolute Gasteiger partial charge is 0.493 e. The second kappa shape index (κ2) is 9.38. The number of benzene rings is 2. The molecule has 162 valence electrons. The van der Waals surface area contributed by atoms with Gasteiger partial charge in [-0.1, -0.05) is 23.8 Å². The summed E-state index contributed by atoms with van der Waals surface area (Å²) >= 11 is 0. The van der Waals surface area contributed by atoms with Crippen LogP contribution < -0.4 is 4.74 Å². The number of fused-ring (bicyclic) bond motifs is 1. The molecule has 0 N–H and O–H groups in total. The van der Waals surface area contributed by atoms with Crippen LogP contribution >= 0.6 is 0 Å². The third-order valence-corrected chi connectivity index (χ3v) is 5.82. The molecular formula is C26H29NO4. The second-order valence-corrected chi connectivity index (χ2v) is 8.10.